The van der Waals surface area contributed by atoms with E-state index >= 15 is 0 Å². The van der Waals surface area contributed by atoms with Crippen molar-refractivity contribution in [3.05, 3.63) is 89.2 Å². The molecule has 0 saturated carbocycles. The van der Waals surface area contributed by atoms with Crippen LogP contribution in [0.3, 0.4) is 0 Å². The van der Waals surface area contributed by atoms with Gasteiger partial charge < -0.3 is 20.1 Å². The zero-order chi connectivity index (χ0) is 25.4. The van der Waals surface area contributed by atoms with Crippen LogP contribution in [0, 0.1) is 0 Å². The van der Waals surface area contributed by atoms with Gasteiger partial charge in [0.05, 0.1) is 14.2 Å². The fourth-order valence-electron chi connectivity index (χ4n) is 3.90. The zero-order valence-corrected chi connectivity index (χ0v) is 19.7. The van der Waals surface area contributed by atoms with Gasteiger partial charge in [0.25, 0.3) is 0 Å². The van der Waals surface area contributed by atoms with Gasteiger partial charge in [0.1, 0.15) is 11.7 Å². The summed E-state index contributed by atoms with van der Waals surface area (Å²) in [5, 5.41) is 5.94. The standard InChI is InChI=1S/C26H28F3N3O3/c1-30-25(33)24(17-7-5-4-6-8-17)31-14-13-20(18-9-11-21(34-2)22(15-18)35-3)19-10-12-23(32-16-19)26(27,28)29/h4-12,15-16,20,24,31H,13-14H2,1-3H3,(H,30,33)/t20-,24-/m1/s1. The van der Waals surface area contributed by atoms with Crippen molar-refractivity contribution in [2.24, 2.45) is 0 Å². The van der Waals surface area contributed by atoms with Gasteiger partial charge >= 0.3 is 6.18 Å². The highest BCUT2D eigenvalue weighted by atomic mass is 19.4. The normalized spacial score (nSPS) is 13.1. The number of carbonyl (C=O) groups is 1. The first-order valence-electron chi connectivity index (χ1n) is 11.0. The molecular weight excluding hydrogens is 459 g/mol. The maximum Gasteiger partial charge on any atom is 0.433 e. The fraction of sp³-hybridized carbons (Fsp3) is 0.308. The van der Waals surface area contributed by atoms with Crippen LogP contribution in [0.15, 0.2) is 66.9 Å². The second kappa shape index (κ2) is 11.7. The first kappa shape index (κ1) is 26.0. The summed E-state index contributed by atoms with van der Waals surface area (Å²) in [5.41, 5.74) is 1.30. The van der Waals surface area contributed by atoms with Crippen LogP contribution in [-0.4, -0.2) is 38.7 Å². The number of hydrogen-bond acceptors (Lipinski definition) is 5. The van der Waals surface area contributed by atoms with Crippen LogP contribution < -0.4 is 20.1 Å². The predicted molar refractivity (Wildman–Crippen MR) is 126 cm³/mol. The van der Waals surface area contributed by atoms with E-state index in [4.69, 9.17) is 9.47 Å². The summed E-state index contributed by atoms with van der Waals surface area (Å²) in [6, 6.07) is 16.5. The monoisotopic (exact) mass is 487 g/mol. The van der Waals surface area contributed by atoms with Crippen molar-refractivity contribution in [3.63, 3.8) is 0 Å². The van der Waals surface area contributed by atoms with Gasteiger partial charge in [0.15, 0.2) is 11.5 Å². The molecule has 2 aromatic carbocycles. The molecule has 1 aromatic heterocycles. The van der Waals surface area contributed by atoms with E-state index in [0.29, 0.717) is 30.0 Å². The summed E-state index contributed by atoms with van der Waals surface area (Å²) < 4.78 is 49.9. The van der Waals surface area contributed by atoms with Crippen molar-refractivity contribution in [2.45, 2.75) is 24.6 Å². The first-order chi connectivity index (χ1) is 16.8. The Labute approximate surface area is 202 Å². The Bertz CT molecular complexity index is 1110. The molecule has 2 atom stereocenters. The second-order valence-electron chi connectivity index (χ2n) is 7.84. The smallest absolute Gasteiger partial charge is 0.433 e. The summed E-state index contributed by atoms with van der Waals surface area (Å²) >= 11 is 0. The Balaban J connectivity index is 1.89. The minimum atomic E-state index is -4.52. The van der Waals surface area contributed by atoms with Gasteiger partial charge in [-0.15, -0.1) is 0 Å². The molecule has 0 aliphatic rings. The number of aromatic nitrogens is 1. The van der Waals surface area contributed by atoms with E-state index < -0.39 is 17.9 Å². The molecule has 0 saturated heterocycles. The van der Waals surface area contributed by atoms with Gasteiger partial charge in [-0.2, -0.15) is 13.2 Å². The Morgan fingerprint density at radius 3 is 2.20 bits per heavy atom. The molecule has 3 aromatic rings. The molecular formula is C26H28F3N3O3. The summed E-state index contributed by atoms with van der Waals surface area (Å²) in [6.07, 6.45) is -2.78. The highest BCUT2D eigenvalue weighted by molar-refractivity contribution is 5.82. The van der Waals surface area contributed by atoms with Gasteiger partial charge in [-0.25, -0.2) is 0 Å². The Hall–Kier alpha value is -3.59. The highest BCUT2D eigenvalue weighted by Gasteiger charge is 2.32. The molecule has 1 heterocycles. The predicted octanol–water partition coefficient (Wildman–Crippen LogP) is 4.72. The van der Waals surface area contributed by atoms with Crippen LogP contribution in [0.2, 0.25) is 0 Å². The summed E-state index contributed by atoms with van der Waals surface area (Å²) in [7, 11) is 4.62. The molecule has 35 heavy (non-hydrogen) atoms. The summed E-state index contributed by atoms with van der Waals surface area (Å²) in [6.45, 7) is 0.410. The lowest BCUT2D eigenvalue weighted by Crippen LogP contribution is -2.36. The third-order valence-electron chi connectivity index (χ3n) is 5.71. The summed E-state index contributed by atoms with van der Waals surface area (Å²) in [4.78, 5) is 16.1. The van der Waals surface area contributed by atoms with Gasteiger partial charge in [-0.3, -0.25) is 9.78 Å². The van der Waals surface area contributed by atoms with Crippen molar-refractivity contribution in [1.82, 2.24) is 15.6 Å². The van der Waals surface area contributed by atoms with Gasteiger partial charge in [-0.1, -0.05) is 42.5 Å². The van der Waals surface area contributed by atoms with E-state index in [9.17, 15) is 18.0 Å². The van der Waals surface area contributed by atoms with Crippen molar-refractivity contribution in [3.8, 4) is 11.5 Å². The van der Waals surface area contributed by atoms with E-state index in [1.54, 1.807) is 19.2 Å². The number of hydrogen-bond donors (Lipinski definition) is 2. The highest BCUT2D eigenvalue weighted by Crippen LogP contribution is 2.36. The molecule has 3 rings (SSSR count). The molecule has 0 aliphatic heterocycles. The third-order valence-corrected chi connectivity index (χ3v) is 5.71. The molecule has 0 bridgehead atoms. The molecule has 0 aliphatic carbocycles. The zero-order valence-electron chi connectivity index (χ0n) is 19.7. The van der Waals surface area contributed by atoms with Gasteiger partial charge in [-0.05, 0) is 47.9 Å². The van der Waals surface area contributed by atoms with E-state index in [1.165, 1.54) is 26.5 Å². The van der Waals surface area contributed by atoms with E-state index in [0.717, 1.165) is 17.2 Å². The lowest BCUT2D eigenvalue weighted by Gasteiger charge is -2.22. The number of nitrogens with one attached hydrogen (secondary N) is 2. The molecule has 9 heteroatoms. The van der Waals surface area contributed by atoms with E-state index in [2.05, 4.69) is 15.6 Å². The lowest BCUT2D eigenvalue weighted by atomic mass is 9.89. The number of alkyl halides is 3. The minimum absolute atomic E-state index is 0.185. The molecule has 186 valence electrons. The number of carbonyl (C=O) groups excluding carboxylic acids is 1. The number of halogens is 3. The number of rotatable bonds is 10. The molecule has 0 spiro atoms. The third kappa shape index (κ3) is 6.51. The second-order valence-corrected chi connectivity index (χ2v) is 7.84. The molecule has 0 fully saturated rings. The van der Waals surface area contributed by atoms with Crippen molar-refractivity contribution in [2.75, 3.05) is 27.8 Å². The van der Waals surface area contributed by atoms with Crippen LogP contribution in [0.5, 0.6) is 11.5 Å². The molecule has 6 nitrogen and oxygen atoms in total. The Morgan fingerprint density at radius 2 is 1.63 bits per heavy atom. The maximum atomic E-state index is 13.0. The van der Waals surface area contributed by atoms with Crippen LogP contribution in [-0.2, 0) is 11.0 Å². The topological polar surface area (TPSA) is 72.5 Å². The van der Waals surface area contributed by atoms with Crippen molar-refractivity contribution in [1.29, 1.82) is 0 Å². The van der Waals surface area contributed by atoms with Gasteiger partial charge in [0, 0.05) is 19.2 Å². The maximum absolute atomic E-state index is 13.0. The molecule has 0 unspecified atom stereocenters. The molecule has 0 radical (unpaired) electrons. The fourth-order valence-corrected chi connectivity index (χ4v) is 3.90. The summed E-state index contributed by atoms with van der Waals surface area (Å²) in [5.74, 6) is 0.561. The van der Waals surface area contributed by atoms with E-state index in [1.807, 2.05) is 36.4 Å². The molecule has 2 N–H and O–H groups in total. The van der Waals surface area contributed by atoms with Crippen LogP contribution in [0.4, 0.5) is 13.2 Å². The Morgan fingerprint density at radius 1 is 0.943 bits per heavy atom. The quantitative estimate of drug-likeness (QED) is 0.433. The van der Waals surface area contributed by atoms with Crippen LogP contribution in [0.25, 0.3) is 0 Å². The number of ether oxygens (including phenoxy) is 2. The largest absolute Gasteiger partial charge is 0.493 e. The number of methoxy groups -OCH3 is 2. The first-order valence-corrected chi connectivity index (χ1v) is 11.0. The van der Waals surface area contributed by atoms with E-state index in [-0.39, 0.29) is 11.8 Å². The van der Waals surface area contributed by atoms with Crippen LogP contribution in [0.1, 0.15) is 40.8 Å². The minimum Gasteiger partial charge on any atom is -0.493 e. The number of pyridine rings is 1. The molecule has 1 amide bonds. The van der Waals surface area contributed by atoms with Crippen LogP contribution >= 0.6 is 0 Å². The van der Waals surface area contributed by atoms with Crippen molar-refractivity contribution >= 4 is 5.91 Å². The number of nitrogens with zero attached hydrogens (tertiary/aromatic N) is 1. The number of benzene rings is 2. The number of amides is 1. The Kier molecular flexibility index (Phi) is 8.70. The lowest BCUT2D eigenvalue weighted by molar-refractivity contribution is -0.141. The number of likely N-dealkylation sites (N-methyl/N-ethyl adjacent to an activating group) is 1. The van der Waals surface area contributed by atoms with Crippen molar-refractivity contribution < 1.29 is 27.4 Å². The average molecular weight is 488 g/mol. The SMILES string of the molecule is CNC(=O)[C@H](NCC[C@@H](c1ccc(C(F)(F)F)nc1)c1ccc(OC)c(OC)c1)c1ccccc1. The average Bonchev–Trinajstić information content (AvgIpc) is 2.88. The van der Waals surface area contributed by atoms with Gasteiger partial charge in [0.2, 0.25) is 5.91 Å².